The Kier molecular flexibility index (Phi) is 10.5. The average molecular weight is 443 g/mol. The highest BCUT2D eigenvalue weighted by Gasteiger charge is 2.54. The Morgan fingerprint density at radius 3 is 1.66 bits per heavy atom. The summed E-state index contributed by atoms with van der Waals surface area (Å²) in [6, 6.07) is 0. The van der Waals surface area contributed by atoms with Crippen LogP contribution in [0.25, 0.3) is 0 Å². The van der Waals surface area contributed by atoms with Gasteiger partial charge >= 0.3 is 0 Å². The third kappa shape index (κ3) is 10.2. The van der Waals surface area contributed by atoms with Crippen molar-refractivity contribution in [3.05, 3.63) is 46.6 Å². The molecular formula is C30H50O2. The fourth-order valence-corrected chi connectivity index (χ4v) is 4.49. The number of allylic oxidation sites excluding steroid dienone is 8. The van der Waals surface area contributed by atoms with E-state index in [1.165, 1.54) is 48.0 Å². The van der Waals surface area contributed by atoms with Gasteiger partial charge in [0.15, 0.2) is 0 Å². The molecule has 182 valence electrons. The van der Waals surface area contributed by atoms with Crippen molar-refractivity contribution in [2.45, 2.75) is 143 Å². The van der Waals surface area contributed by atoms with Gasteiger partial charge in [-0.1, -0.05) is 46.6 Å². The highest BCUT2D eigenvalue weighted by atomic mass is 16.6. The highest BCUT2D eigenvalue weighted by molar-refractivity contribution is 5.08. The van der Waals surface area contributed by atoms with Crippen molar-refractivity contribution in [2.24, 2.45) is 0 Å². The van der Waals surface area contributed by atoms with Crippen molar-refractivity contribution in [2.75, 3.05) is 0 Å². The fourth-order valence-electron chi connectivity index (χ4n) is 4.49. The maximum atomic E-state index is 6.04. The minimum absolute atomic E-state index is 0.0978. The molecule has 0 aromatic heterocycles. The predicted octanol–water partition coefficient (Wildman–Crippen LogP) is 9.03. The minimum atomic E-state index is 0.0978. The van der Waals surface area contributed by atoms with Gasteiger partial charge in [-0.3, -0.25) is 0 Å². The number of hydrogen-bond donors (Lipinski definition) is 0. The SMILES string of the molecule is CC(C)=CCC/C(C)=C/CC/C(C)=C/CC/C=C(\C)CC[C@@H]1O[C@]1(C)CC[C@@H]1OC1(C)C. The molecule has 2 nitrogen and oxygen atoms in total. The lowest BCUT2D eigenvalue weighted by atomic mass is 9.94. The van der Waals surface area contributed by atoms with Crippen LogP contribution in [0.2, 0.25) is 0 Å². The molecule has 2 aliphatic rings. The highest BCUT2D eigenvalue weighted by Crippen LogP contribution is 2.47. The van der Waals surface area contributed by atoms with Crippen LogP contribution in [0.4, 0.5) is 0 Å². The molecule has 2 rings (SSSR count). The van der Waals surface area contributed by atoms with E-state index in [1.54, 1.807) is 0 Å². The van der Waals surface area contributed by atoms with Crippen LogP contribution in [-0.4, -0.2) is 23.4 Å². The van der Waals surface area contributed by atoms with Crippen molar-refractivity contribution < 1.29 is 9.47 Å². The van der Waals surface area contributed by atoms with Crippen molar-refractivity contribution in [3.63, 3.8) is 0 Å². The third-order valence-electron chi connectivity index (χ3n) is 7.18. The monoisotopic (exact) mass is 442 g/mol. The number of ether oxygens (including phenoxy) is 2. The van der Waals surface area contributed by atoms with E-state index in [1.807, 2.05) is 0 Å². The van der Waals surface area contributed by atoms with Crippen LogP contribution >= 0.6 is 0 Å². The van der Waals surface area contributed by atoms with E-state index >= 15 is 0 Å². The molecule has 0 bridgehead atoms. The molecule has 2 heterocycles. The molecule has 0 unspecified atom stereocenters. The summed E-state index contributed by atoms with van der Waals surface area (Å²) >= 11 is 0. The lowest BCUT2D eigenvalue weighted by Gasteiger charge is -2.06. The predicted molar refractivity (Wildman–Crippen MR) is 139 cm³/mol. The quantitative estimate of drug-likeness (QED) is 0.143. The molecule has 2 saturated heterocycles. The van der Waals surface area contributed by atoms with E-state index in [2.05, 4.69) is 79.7 Å². The van der Waals surface area contributed by atoms with E-state index in [9.17, 15) is 0 Å². The van der Waals surface area contributed by atoms with Crippen molar-refractivity contribution in [3.8, 4) is 0 Å². The van der Waals surface area contributed by atoms with Crippen LogP contribution in [0.1, 0.15) is 120 Å². The van der Waals surface area contributed by atoms with Gasteiger partial charge in [0, 0.05) is 0 Å². The fraction of sp³-hybridized carbons (Fsp3) is 0.733. The van der Waals surface area contributed by atoms with Crippen molar-refractivity contribution >= 4 is 0 Å². The largest absolute Gasteiger partial charge is 0.367 e. The third-order valence-corrected chi connectivity index (χ3v) is 7.18. The van der Waals surface area contributed by atoms with Crippen molar-refractivity contribution in [1.29, 1.82) is 0 Å². The van der Waals surface area contributed by atoms with Crippen LogP contribution < -0.4 is 0 Å². The molecule has 2 fully saturated rings. The molecule has 0 aromatic rings. The topological polar surface area (TPSA) is 25.1 Å². The number of rotatable bonds is 15. The average Bonchev–Trinajstić information content (AvgIpc) is 3.55. The van der Waals surface area contributed by atoms with Gasteiger partial charge in [-0.2, -0.15) is 0 Å². The standard InChI is InChI=1S/C30H50O2/c1-23(2)13-11-16-25(4)18-12-17-24(3)14-9-10-15-26(5)19-20-28-30(8,32-28)22-21-27-29(6,7)31-27/h13-15,18,27-28H,9-12,16-17,19-22H2,1-8H3/b24-14+,25-18+,26-15+/t27-,28-,30+/m0/s1. The van der Waals surface area contributed by atoms with Gasteiger partial charge in [-0.05, 0) is 120 Å². The summed E-state index contributed by atoms with van der Waals surface area (Å²) in [7, 11) is 0. The van der Waals surface area contributed by atoms with Gasteiger partial charge < -0.3 is 9.47 Å². The molecule has 0 saturated carbocycles. The van der Waals surface area contributed by atoms with Crippen LogP contribution in [0.3, 0.4) is 0 Å². The molecule has 0 aliphatic carbocycles. The van der Waals surface area contributed by atoms with E-state index in [-0.39, 0.29) is 11.2 Å². The zero-order valence-electron chi connectivity index (χ0n) is 22.4. The summed E-state index contributed by atoms with van der Waals surface area (Å²) in [5.74, 6) is 0. The van der Waals surface area contributed by atoms with Gasteiger partial charge in [-0.25, -0.2) is 0 Å². The zero-order valence-corrected chi connectivity index (χ0v) is 22.4. The van der Waals surface area contributed by atoms with E-state index < -0.39 is 0 Å². The first-order valence-corrected chi connectivity index (χ1v) is 13.0. The second kappa shape index (κ2) is 12.4. The summed E-state index contributed by atoms with van der Waals surface area (Å²) < 4.78 is 11.8. The maximum absolute atomic E-state index is 6.04. The molecule has 3 atom stereocenters. The van der Waals surface area contributed by atoms with Crippen LogP contribution in [0.15, 0.2) is 46.6 Å². The normalized spacial score (nSPS) is 27.4. The molecule has 0 N–H and O–H groups in total. The smallest absolute Gasteiger partial charge is 0.0921 e. The summed E-state index contributed by atoms with van der Waals surface area (Å²) in [6.45, 7) is 17.8. The Morgan fingerprint density at radius 2 is 1.12 bits per heavy atom. The van der Waals surface area contributed by atoms with Crippen LogP contribution in [-0.2, 0) is 9.47 Å². The molecule has 0 amide bonds. The number of unbranched alkanes of at least 4 members (excludes halogenated alkanes) is 1. The van der Waals surface area contributed by atoms with Crippen LogP contribution in [0.5, 0.6) is 0 Å². The summed E-state index contributed by atoms with van der Waals surface area (Å²) in [5, 5.41) is 0. The first-order chi connectivity index (χ1) is 15.0. The second-order valence-electron chi connectivity index (χ2n) is 11.3. The van der Waals surface area contributed by atoms with Gasteiger partial charge in [0.25, 0.3) is 0 Å². The van der Waals surface area contributed by atoms with Gasteiger partial charge in [0.1, 0.15) is 0 Å². The number of epoxide rings is 2. The summed E-state index contributed by atoms with van der Waals surface area (Å²) in [4.78, 5) is 0. The lowest BCUT2D eigenvalue weighted by Crippen LogP contribution is -2.13. The summed E-state index contributed by atoms with van der Waals surface area (Å²) in [5.41, 5.74) is 6.18. The first-order valence-electron chi connectivity index (χ1n) is 13.0. The molecule has 0 spiro atoms. The molecule has 2 aliphatic heterocycles. The Morgan fingerprint density at radius 1 is 0.625 bits per heavy atom. The molecule has 2 heteroatoms. The molecule has 0 aromatic carbocycles. The lowest BCUT2D eigenvalue weighted by molar-refractivity contribution is 0.274. The van der Waals surface area contributed by atoms with Crippen molar-refractivity contribution in [1.82, 2.24) is 0 Å². The maximum Gasteiger partial charge on any atom is 0.0921 e. The van der Waals surface area contributed by atoms with E-state index in [0.717, 1.165) is 38.5 Å². The Labute approximate surface area is 199 Å². The van der Waals surface area contributed by atoms with Gasteiger partial charge in [0.2, 0.25) is 0 Å². The van der Waals surface area contributed by atoms with Gasteiger partial charge in [-0.15, -0.1) is 0 Å². The Hall–Kier alpha value is -1.12. The molecular weight excluding hydrogens is 392 g/mol. The van der Waals surface area contributed by atoms with Crippen LogP contribution in [0, 0.1) is 0 Å². The van der Waals surface area contributed by atoms with Gasteiger partial charge in [0.05, 0.1) is 23.4 Å². The zero-order chi connectivity index (χ0) is 23.8. The summed E-state index contributed by atoms with van der Waals surface area (Å²) in [6.07, 6.45) is 22.1. The molecule has 0 radical (unpaired) electrons. The Bertz CT molecular complexity index is 717. The Balaban J connectivity index is 1.54. The minimum Gasteiger partial charge on any atom is -0.367 e. The van der Waals surface area contributed by atoms with E-state index in [4.69, 9.17) is 9.47 Å². The second-order valence-corrected chi connectivity index (χ2v) is 11.3. The first kappa shape index (κ1) is 27.1. The van der Waals surface area contributed by atoms with E-state index in [0.29, 0.717) is 12.2 Å². The molecule has 32 heavy (non-hydrogen) atoms. The number of hydrogen-bond acceptors (Lipinski definition) is 2.